The van der Waals surface area contributed by atoms with Crippen LogP contribution in [0.15, 0.2) is 48.7 Å². The van der Waals surface area contributed by atoms with Gasteiger partial charge in [-0.2, -0.15) is 0 Å². The number of hydrogen-bond donors (Lipinski definition) is 3. The van der Waals surface area contributed by atoms with Crippen LogP contribution in [0.4, 0.5) is 19.4 Å². The van der Waals surface area contributed by atoms with Gasteiger partial charge in [-0.25, -0.2) is 18.6 Å². The van der Waals surface area contributed by atoms with E-state index in [9.17, 15) is 23.2 Å². The first kappa shape index (κ1) is 36.0. The highest BCUT2D eigenvalue weighted by molar-refractivity contribution is 7.21. The molecule has 2 heterocycles. The average molecular weight is 715 g/mol. The van der Waals surface area contributed by atoms with Crippen molar-refractivity contribution >= 4 is 56.8 Å². The smallest absolute Gasteiger partial charge is 0.410 e. The van der Waals surface area contributed by atoms with Crippen molar-refractivity contribution in [3.8, 4) is 16.9 Å². The number of esters is 1. The second kappa shape index (κ2) is 15.1. The Labute approximate surface area is 291 Å². The number of aromatic nitrogens is 1. The molecule has 0 bridgehead atoms. The van der Waals surface area contributed by atoms with Gasteiger partial charge in [0.15, 0.2) is 0 Å². The van der Waals surface area contributed by atoms with Crippen LogP contribution in [0.3, 0.4) is 0 Å². The quantitative estimate of drug-likeness (QED) is 0.142. The first-order valence-corrected chi connectivity index (χ1v) is 16.9. The number of rotatable bonds is 10. The Morgan fingerprint density at radius 1 is 1.04 bits per heavy atom. The maximum Gasteiger partial charge on any atom is 0.410 e. The summed E-state index contributed by atoms with van der Waals surface area (Å²) in [5, 5.41) is 14.4. The molecular formula is C35H37ClF2N4O6S. The highest BCUT2D eigenvalue weighted by Gasteiger charge is 2.33. The number of nitrogens with zero attached hydrogens (tertiary/aromatic N) is 2. The van der Waals surface area contributed by atoms with Crippen LogP contribution in [0.25, 0.3) is 21.2 Å². The minimum absolute atomic E-state index is 0.0231. The Morgan fingerprint density at radius 3 is 2.39 bits per heavy atom. The zero-order valence-corrected chi connectivity index (χ0v) is 29.0. The summed E-state index contributed by atoms with van der Waals surface area (Å²) in [7, 11) is 1.52. The molecular weight excluding hydrogens is 678 g/mol. The number of fused-ring (bicyclic) bond motifs is 1. The van der Waals surface area contributed by atoms with E-state index >= 15 is 0 Å². The van der Waals surface area contributed by atoms with Crippen LogP contribution in [0.5, 0.6) is 5.75 Å². The molecule has 0 radical (unpaired) electrons. The molecule has 1 fully saturated rings. The summed E-state index contributed by atoms with van der Waals surface area (Å²) < 4.78 is 40.6. The van der Waals surface area contributed by atoms with Crippen molar-refractivity contribution in [2.24, 2.45) is 0 Å². The lowest BCUT2D eigenvalue weighted by atomic mass is 9.89. The van der Waals surface area contributed by atoms with Crippen LogP contribution in [-0.2, 0) is 16.1 Å². The van der Waals surface area contributed by atoms with Gasteiger partial charge >= 0.3 is 12.1 Å². The van der Waals surface area contributed by atoms with Gasteiger partial charge in [-0.05, 0) is 94.0 Å². The number of carbonyl (C=O) groups is 3. The lowest BCUT2D eigenvalue weighted by Crippen LogP contribution is -2.46. The molecule has 0 unspecified atom stereocenters. The molecule has 260 valence electrons. The molecule has 0 saturated heterocycles. The van der Waals surface area contributed by atoms with Crippen molar-refractivity contribution in [1.29, 1.82) is 0 Å². The molecule has 2 aromatic carbocycles. The largest absolute Gasteiger partial charge is 0.496 e. The van der Waals surface area contributed by atoms with Gasteiger partial charge in [0.1, 0.15) is 33.7 Å². The van der Waals surface area contributed by atoms with E-state index in [-0.39, 0.29) is 56.9 Å². The number of thiophene rings is 1. The predicted octanol–water partition coefficient (Wildman–Crippen LogP) is 7.88. The Morgan fingerprint density at radius 2 is 1.73 bits per heavy atom. The lowest BCUT2D eigenvalue weighted by molar-refractivity contribution is -0.153. The third kappa shape index (κ3) is 8.64. The summed E-state index contributed by atoms with van der Waals surface area (Å²) in [5.41, 5.74) is 1.45. The fourth-order valence-corrected chi connectivity index (χ4v) is 7.49. The van der Waals surface area contributed by atoms with Crippen LogP contribution in [0, 0.1) is 11.6 Å². The maximum atomic E-state index is 14.8. The Bertz CT molecular complexity index is 1870. The second-order valence-corrected chi connectivity index (χ2v) is 14.2. The Hall–Kier alpha value is -4.33. The molecule has 10 nitrogen and oxygen atoms in total. The number of carbonyl (C=O) groups excluding carboxylic acids is 2. The summed E-state index contributed by atoms with van der Waals surface area (Å²) in [5.74, 6) is -1.56. The Kier molecular flexibility index (Phi) is 11.1. The standard InChI is InChI=1S/C35H37ClF2N4O6S/c1-35(2,3)48-28(43)17-40-22-6-8-23(9-7-22)42(33(44)32-30(36)29-24(37)10-11-25(38)31(29)49-32)18-21-15-19(5-12-26(21)47-4)20-13-14-39-27(16-20)41-34(45)46/h5,10-16,22-23,40H,6-9,17-18H2,1-4H3,(H,39,41)(H,45,46). The SMILES string of the molecule is COc1ccc(-c2ccnc(NC(=O)O)c2)cc1CN(C(=O)c1sc2c(F)ccc(F)c2c1Cl)C1CCC(NCC(=O)OC(C)(C)C)CC1. The van der Waals surface area contributed by atoms with Gasteiger partial charge in [-0.1, -0.05) is 17.7 Å². The lowest BCUT2D eigenvalue weighted by Gasteiger charge is -2.37. The molecule has 2 aromatic heterocycles. The monoisotopic (exact) mass is 714 g/mol. The zero-order valence-electron chi connectivity index (χ0n) is 27.4. The van der Waals surface area contributed by atoms with Crippen LogP contribution in [-0.4, -0.2) is 64.3 Å². The van der Waals surface area contributed by atoms with Crippen molar-refractivity contribution in [3.63, 3.8) is 0 Å². The van der Waals surface area contributed by atoms with E-state index in [1.165, 1.54) is 13.3 Å². The fourth-order valence-electron chi connectivity index (χ4n) is 5.98. The van der Waals surface area contributed by atoms with E-state index < -0.39 is 29.2 Å². The predicted molar refractivity (Wildman–Crippen MR) is 184 cm³/mol. The molecule has 3 N–H and O–H groups in total. The van der Waals surface area contributed by atoms with E-state index in [0.717, 1.165) is 29.0 Å². The molecule has 5 rings (SSSR count). The topological polar surface area (TPSA) is 130 Å². The van der Waals surface area contributed by atoms with Crippen molar-refractivity contribution in [1.82, 2.24) is 15.2 Å². The van der Waals surface area contributed by atoms with Crippen molar-refractivity contribution < 1.29 is 37.7 Å². The summed E-state index contributed by atoms with van der Waals surface area (Å²) in [6.45, 7) is 5.57. The van der Waals surface area contributed by atoms with Crippen molar-refractivity contribution in [3.05, 3.63) is 75.8 Å². The van der Waals surface area contributed by atoms with Gasteiger partial charge in [-0.3, -0.25) is 14.9 Å². The first-order valence-electron chi connectivity index (χ1n) is 15.7. The fraction of sp³-hybridized carbons (Fsp3) is 0.371. The number of ether oxygens (including phenoxy) is 2. The minimum atomic E-state index is -1.25. The zero-order chi connectivity index (χ0) is 35.5. The number of anilines is 1. The van der Waals surface area contributed by atoms with Gasteiger partial charge in [0.05, 0.1) is 28.8 Å². The van der Waals surface area contributed by atoms with Gasteiger partial charge in [-0.15, -0.1) is 11.3 Å². The van der Waals surface area contributed by atoms with E-state index in [1.807, 2.05) is 32.9 Å². The first-order chi connectivity index (χ1) is 23.2. The summed E-state index contributed by atoms with van der Waals surface area (Å²) in [4.78, 5) is 43.6. The molecule has 1 aliphatic carbocycles. The second-order valence-electron chi connectivity index (χ2n) is 12.8. The minimum Gasteiger partial charge on any atom is -0.496 e. The summed E-state index contributed by atoms with van der Waals surface area (Å²) in [6, 6.07) is 10.5. The average Bonchev–Trinajstić information content (AvgIpc) is 3.41. The highest BCUT2D eigenvalue weighted by atomic mass is 35.5. The maximum absolute atomic E-state index is 14.8. The summed E-state index contributed by atoms with van der Waals surface area (Å²) >= 11 is 7.41. The van der Waals surface area contributed by atoms with E-state index in [1.54, 1.807) is 23.1 Å². The number of benzene rings is 2. The van der Waals surface area contributed by atoms with Crippen LogP contribution >= 0.6 is 22.9 Å². The molecule has 0 spiro atoms. The Balaban J connectivity index is 1.46. The van der Waals surface area contributed by atoms with Crippen molar-refractivity contribution in [2.45, 2.75) is 70.7 Å². The number of halogens is 3. The van der Waals surface area contributed by atoms with E-state index in [2.05, 4.69) is 15.6 Å². The number of amides is 2. The number of pyridine rings is 1. The highest BCUT2D eigenvalue weighted by Crippen LogP contribution is 2.41. The normalized spacial score (nSPS) is 16.3. The molecule has 49 heavy (non-hydrogen) atoms. The van der Waals surface area contributed by atoms with E-state index in [0.29, 0.717) is 42.6 Å². The van der Waals surface area contributed by atoms with Crippen LogP contribution in [0.1, 0.15) is 61.7 Å². The van der Waals surface area contributed by atoms with Crippen LogP contribution in [0.2, 0.25) is 5.02 Å². The number of carboxylic acid groups (broad SMARTS) is 1. The molecule has 1 aliphatic rings. The molecule has 2 amide bonds. The molecule has 0 aliphatic heterocycles. The molecule has 0 atom stereocenters. The third-order valence-electron chi connectivity index (χ3n) is 8.18. The molecule has 14 heteroatoms. The van der Waals surface area contributed by atoms with E-state index in [4.69, 9.17) is 26.2 Å². The summed E-state index contributed by atoms with van der Waals surface area (Å²) in [6.07, 6.45) is 2.72. The molecule has 4 aromatic rings. The van der Waals surface area contributed by atoms with Gasteiger partial charge in [0.2, 0.25) is 0 Å². The van der Waals surface area contributed by atoms with Gasteiger partial charge in [0, 0.05) is 30.4 Å². The van der Waals surface area contributed by atoms with Crippen molar-refractivity contribution in [2.75, 3.05) is 19.0 Å². The van der Waals surface area contributed by atoms with Gasteiger partial charge < -0.3 is 24.8 Å². The van der Waals surface area contributed by atoms with Gasteiger partial charge in [0.25, 0.3) is 5.91 Å². The molecule has 1 saturated carbocycles. The number of hydrogen-bond acceptors (Lipinski definition) is 8. The number of methoxy groups -OCH3 is 1. The third-order valence-corrected chi connectivity index (χ3v) is 9.85. The van der Waals surface area contributed by atoms with Crippen LogP contribution < -0.4 is 15.4 Å². The number of nitrogens with one attached hydrogen (secondary N) is 2.